The van der Waals surface area contributed by atoms with E-state index in [1.165, 1.54) is 24.3 Å². The van der Waals surface area contributed by atoms with Crippen LogP contribution in [0.2, 0.25) is 0 Å². The van der Waals surface area contributed by atoms with Gasteiger partial charge < -0.3 is 15.5 Å². The van der Waals surface area contributed by atoms with Gasteiger partial charge in [-0.1, -0.05) is 12.1 Å². The third kappa shape index (κ3) is 5.41. The number of hydrogen-bond donors (Lipinski definition) is 2. The Hall–Kier alpha value is -2.68. The number of benzene rings is 1. The smallest absolute Gasteiger partial charge is 0.349 e. The third-order valence-corrected chi connectivity index (χ3v) is 3.41. The third-order valence-electron chi connectivity index (χ3n) is 3.41. The van der Waals surface area contributed by atoms with Crippen molar-refractivity contribution in [3.63, 3.8) is 0 Å². The number of hydrogen-bond acceptors (Lipinski definition) is 5. The van der Waals surface area contributed by atoms with Gasteiger partial charge in [-0.3, -0.25) is 4.79 Å². The molecule has 9 heteroatoms. The summed E-state index contributed by atoms with van der Waals surface area (Å²) in [5.41, 5.74) is -0.867. The Morgan fingerprint density at radius 2 is 1.88 bits per heavy atom. The van der Waals surface area contributed by atoms with Crippen molar-refractivity contribution in [3.05, 3.63) is 47.4 Å². The molecular weight excluding hydrogens is 347 g/mol. The maximum atomic E-state index is 13.1. The Morgan fingerprint density at radius 1 is 1.19 bits per heavy atom. The number of anilines is 2. The average Bonchev–Trinajstić information content (AvgIpc) is 2.53. The molecule has 2 rings (SSSR count). The fourth-order valence-electron chi connectivity index (χ4n) is 2.21. The van der Waals surface area contributed by atoms with Crippen LogP contribution in [0.3, 0.4) is 0 Å². The zero-order valence-electron chi connectivity index (χ0n) is 14.7. The van der Waals surface area contributed by atoms with E-state index in [-0.39, 0.29) is 23.0 Å². The second-order valence-electron chi connectivity index (χ2n) is 5.91. The minimum atomic E-state index is -4.50. The Morgan fingerprint density at radius 3 is 2.54 bits per heavy atom. The molecule has 0 saturated carbocycles. The first-order valence-corrected chi connectivity index (χ1v) is 7.88. The quantitative estimate of drug-likeness (QED) is 0.822. The topological polar surface area (TPSA) is 70.2 Å². The molecule has 1 aromatic carbocycles. The molecule has 0 unspecified atom stereocenters. The molecule has 2 aromatic rings. The van der Waals surface area contributed by atoms with Crippen LogP contribution in [0.15, 0.2) is 30.3 Å². The normalized spacial score (nSPS) is 11.5. The molecule has 0 bridgehead atoms. The van der Waals surface area contributed by atoms with E-state index in [2.05, 4.69) is 20.6 Å². The van der Waals surface area contributed by atoms with Crippen LogP contribution in [0, 0.1) is 6.92 Å². The van der Waals surface area contributed by atoms with Crippen LogP contribution >= 0.6 is 0 Å². The van der Waals surface area contributed by atoms with E-state index in [9.17, 15) is 18.0 Å². The summed E-state index contributed by atoms with van der Waals surface area (Å²) in [6, 6.07) is 6.40. The van der Waals surface area contributed by atoms with Crippen LogP contribution in [0.5, 0.6) is 0 Å². The summed E-state index contributed by atoms with van der Waals surface area (Å²) in [6.07, 6.45) is -4.50. The first-order chi connectivity index (χ1) is 12.2. The summed E-state index contributed by atoms with van der Waals surface area (Å²) in [7, 11) is 3.75. The van der Waals surface area contributed by atoms with E-state index < -0.39 is 17.6 Å². The zero-order chi connectivity index (χ0) is 19.3. The van der Waals surface area contributed by atoms with Crippen molar-refractivity contribution in [3.8, 4) is 0 Å². The molecule has 6 nitrogen and oxygen atoms in total. The Kier molecular flexibility index (Phi) is 6.14. The molecule has 0 aliphatic carbocycles. The maximum absolute atomic E-state index is 13.1. The number of carbonyl (C=O) groups is 1. The van der Waals surface area contributed by atoms with E-state index in [4.69, 9.17) is 0 Å². The predicted molar refractivity (Wildman–Crippen MR) is 92.4 cm³/mol. The van der Waals surface area contributed by atoms with Crippen molar-refractivity contribution in [1.82, 2.24) is 20.2 Å². The van der Waals surface area contributed by atoms with Crippen LogP contribution in [-0.4, -0.2) is 48.0 Å². The number of nitrogens with zero attached hydrogens (tertiary/aromatic N) is 3. The molecule has 1 heterocycles. The SMILES string of the molecule is Cc1nc(Nc2ccccc2C(F)(F)F)cc(C(=O)NCCN(C)C)n1. The lowest BCUT2D eigenvalue weighted by atomic mass is 10.1. The number of rotatable bonds is 6. The lowest BCUT2D eigenvalue weighted by Gasteiger charge is -2.15. The number of aromatic nitrogens is 2. The largest absolute Gasteiger partial charge is 0.418 e. The number of amides is 1. The standard InChI is InChI=1S/C17H20F3N5O/c1-11-22-14(16(26)21-8-9-25(2)3)10-15(23-11)24-13-7-5-4-6-12(13)17(18,19)20/h4-7,10H,8-9H2,1-3H3,(H,21,26)(H,22,23,24). The van der Waals surface area contributed by atoms with Crippen LogP contribution < -0.4 is 10.6 Å². The van der Waals surface area contributed by atoms with E-state index in [1.54, 1.807) is 6.92 Å². The number of likely N-dealkylation sites (N-methyl/N-ethyl adjacent to an activating group) is 1. The van der Waals surface area contributed by atoms with Crippen molar-refractivity contribution < 1.29 is 18.0 Å². The van der Waals surface area contributed by atoms with Gasteiger partial charge in [0.2, 0.25) is 0 Å². The number of carbonyl (C=O) groups excluding carboxylic acids is 1. The van der Waals surface area contributed by atoms with Gasteiger partial charge in [-0.15, -0.1) is 0 Å². The fourth-order valence-corrected chi connectivity index (χ4v) is 2.21. The highest BCUT2D eigenvalue weighted by Gasteiger charge is 2.33. The number of para-hydroxylation sites is 1. The van der Waals surface area contributed by atoms with Gasteiger partial charge in [-0.2, -0.15) is 13.2 Å². The highest BCUT2D eigenvalue weighted by molar-refractivity contribution is 5.93. The molecule has 1 aromatic heterocycles. The van der Waals surface area contributed by atoms with Crippen molar-refractivity contribution in [2.45, 2.75) is 13.1 Å². The lowest BCUT2D eigenvalue weighted by molar-refractivity contribution is -0.136. The summed E-state index contributed by atoms with van der Waals surface area (Å²) in [4.78, 5) is 22.2. The molecule has 2 N–H and O–H groups in total. The van der Waals surface area contributed by atoms with E-state index >= 15 is 0 Å². The molecule has 0 aliphatic rings. The summed E-state index contributed by atoms with van der Waals surface area (Å²) < 4.78 is 39.3. The number of halogens is 3. The number of alkyl halides is 3. The minimum absolute atomic E-state index is 0.0863. The molecule has 0 spiro atoms. The molecule has 0 fully saturated rings. The Labute approximate surface area is 149 Å². The number of aryl methyl sites for hydroxylation is 1. The van der Waals surface area contributed by atoms with Crippen LogP contribution in [0.4, 0.5) is 24.7 Å². The molecule has 0 saturated heterocycles. The average molecular weight is 367 g/mol. The molecule has 0 radical (unpaired) electrons. The van der Waals surface area contributed by atoms with Crippen molar-refractivity contribution in [1.29, 1.82) is 0 Å². The van der Waals surface area contributed by atoms with Gasteiger partial charge in [0.1, 0.15) is 17.3 Å². The van der Waals surface area contributed by atoms with E-state index in [0.29, 0.717) is 13.1 Å². The predicted octanol–water partition coefficient (Wildman–Crippen LogP) is 2.84. The van der Waals surface area contributed by atoms with Gasteiger partial charge in [0.25, 0.3) is 5.91 Å². The Balaban J connectivity index is 2.22. The monoisotopic (exact) mass is 367 g/mol. The van der Waals surface area contributed by atoms with Crippen LogP contribution in [0.25, 0.3) is 0 Å². The minimum Gasteiger partial charge on any atom is -0.349 e. The molecular formula is C17H20F3N5O. The fraction of sp³-hybridized carbons (Fsp3) is 0.353. The van der Waals surface area contributed by atoms with Crippen molar-refractivity contribution in [2.24, 2.45) is 0 Å². The first kappa shape index (κ1) is 19.6. The summed E-state index contributed by atoms with van der Waals surface area (Å²) in [5.74, 6) is -0.0197. The lowest BCUT2D eigenvalue weighted by Crippen LogP contribution is -2.32. The summed E-state index contributed by atoms with van der Waals surface area (Å²) in [6.45, 7) is 2.64. The van der Waals surface area contributed by atoms with Gasteiger partial charge in [-0.05, 0) is 33.2 Å². The molecule has 26 heavy (non-hydrogen) atoms. The second kappa shape index (κ2) is 8.13. The molecule has 140 valence electrons. The highest BCUT2D eigenvalue weighted by atomic mass is 19.4. The maximum Gasteiger partial charge on any atom is 0.418 e. The second-order valence-corrected chi connectivity index (χ2v) is 5.91. The van der Waals surface area contributed by atoms with Gasteiger partial charge in [0.15, 0.2) is 0 Å². The van der Waals surface area contributed by atoms with Gasteiger partial charge in [-0.25, -0.2) is 9.97 Å². The van der Waals surface area contributed by atoms with Crippen molar-refractivity contribution >= 4 is 17.4 Å². The highest BCUT2D eigenvalue weighted by Crippen LogP contribution is 2.35. The summed E-state index contributed by atoms with van der Waals surface area (Å²) in [5, 5.41) is 5.34. The van der Waals surface area contributed by atoms with Gasteiger partial charge in [0.05, 0.1) is 11.3 Å². The van der Waals surface area contributed by atoms with Crippen LogP contribution in [-0.2, 0) is 6.18 Å². The van der Waals surface area contributed by atoms with Gasteiger partial charge in [0, 0.05) is 19.2 Å². The molecule has 1 amide bonds. The first-order valence-electron chi connectivity index (χ1n) is 7.88. The Bertz CT molecular complexity index is 777. The molecule has 0 aliphatic heterocycles. The van der Waals surface area contributed by atoms with Crippen LogP contribution in [0.1, 0.15) is 21.9 Å². The van der Waals surface area contributed by atoms with E-state index in [1.807, 2.05) is 19.0 Å². The zero-order valence-corrected chi connectivity index (χ0v) is 14.7. The van der Waals surface area contributed by atoms with Crippen molar-refractivity contribution in [2.75, 3.05) is 32.5 Å². The van der Waals surface area contributed by atoms with E-state index in [0.717, 1.165) is 6.07 Å². The van der Waals surface area contributed by atoms with Gasteiger partial charge >= 0.3 is 6.18 Å². The summed E-state index contributed by atoms with van der Waals surface area (Å²) >= 11 is 0. The molecule has 0 atom stereocenters. The number of nitrogens with one attached hydrogen (secondary N) is 2.